The second kappa shape index (κ2) is 15.9. The van der Waals surface area contributed by atoms with Gasteiger partial charge in [-0.05, 0) is 30.7 Å². The minimum Gasteiger partial charge on any atom is -0.347 e. The van der Waals surface area contributed by atoms with Gasteiger partial charge in [-0.3, -0.25) is 19.3 Å². The molecule has 1 aliphatic heterocycles. The van der Waals surface area contributed by atoms with Crippen LogP contribution in [-0.2, 0) is 24.7 Å². The molecule has 0 spiro atoms. The number of fused-ring (bicyclic) bond motifs is 1. The fraction of sp³-hybridized carbons (Fsp3) is 0.258. The number of carbonyl (C=O) groups excluding carboxylic acids is 2. The van der Waals surface area contributed by atoms with Crippen molar-refractivity contribution in [3.8, 4) is 11.4 Å². The SMILES string of the molecule is CC.CC.O=C(CNC(=O)[C@H](CCS(=O)(=O)c1ccccc1)N=C1NS(=O)(=O)c2ccccc21)c1nc(-c2ccccc2)no1. The second-order valence-electron chi connectivity index (χ2n) is 8.95. The highest BCUT2D eigenvalue weighted by Crippen LogP contribution is 2.23. The molecule has 2 heterocycles. The van der Waals surface area contributed by atoms with Crippen molar-refractivity contribution in [1.82, 2.24) is 20.2 Å². The van der Waals surface area contributed by atoms with Crippen LogP contribution in [0.5, 0.6) is 0 Å². The number of aliphatic imine (C=N–C) groups is 1. The molecule has 2 N–H and O–H groups in total. The van der Waals surface area contributed by atoms with Crippen LogP contribution in [0.3, 0.4) is 0 Å². The molecule has 4 aromatic rings. The van der Waals surface area contributed by atoms with Gasteiger partial charge in [-0.25, -0.2) is 16.8 Å². The number of benzene rings is 3. The van der Waals surface area contributed by atoms with Crippen LogP contribution < -0.4 is 10.0 Å². The van der Waals surface area contributed by atoms with Crippen molar-refractivity contribution >= 4 is 37.4 Å². The Morgan fingerprint density at radius 1 is 0.911 bits per heavy atom. The van der Waals surface area contributed by atoms with Crippen molar-refractivity contribution in [3.05, 3.63) is 96.4 Å². The average Bonchev–Trinajstić information content (AvgIpc) is 3.67. The molecule has 0 unspecified atom stereocenters. The fourth-order valence-corrected chi connectivity index (χ4v) is 6.63. The lowest BCUT2D eigenvalue weighted by atomic mass is 10.1. The number of ketones is 1. The molecule has 3 aromatic carbocycles. The molecule has 0 bridgehead atoms. The highest BCUT2D eigenvalue weighted by Gasteiger charge is 2.32. The normalized spacial score (nSPS) is 14.4. The van der Waals surface area contributed by atoms with Crippen LogP contribution in [-0.4, -0.2) is 62.8 Å². The summed E-state index contributed by atoms with van der Waals surface area (Å²) in [6.45, 7) is 7.46. The first-order chi connectivity index (χ1) is 21.6. The molecule has 45 heavy (non-hydrogen) atoms. The molecule has 14 heteroatoms. The van der Waals surface area contributed by atoms with Crippen LogP contribution in [0, 0.1) is 0 Å². The second-order valence-corrected chi connectivity index (χ2v) is 12.7. The zero-order valence-electron chi connectivity index (χ0n) is 25.3. The lowest BCUT2D eigenvalue weighted by molar-refractivity contribution is -0.122. The molecule has 5 rings (SSSR count). The summed E-state index contributed by atoms with van der Waals surface area (Å²) >= 11 is 0. The van der Waals surface area contributed by atoms with E-state index < -0.39 is 49.9 Å². The Labute approximate surface area is 263 Å². The highest BCUT2D eigenvalue weighted by molar-refractivity contribution is 7.91. The van der Waals surface area contributed by atoms with Gasteiger partial charge in [0.05, 0.1) is 22.1 Å². The molecule has 1 aromatic heterocycles. The maximum atomic E-state index is 13.2. The average molecular weight is 654 g/mol. The van der Waals surface area contributed by atoms with Crippen LogP contribution in [0.2, 0.25) is 0 Å². The van der Waals surface area contributed by atoms with E-state index in [4.69, 9.17) is 4.52 Å². The molecule has 0 saturated carbocycles. The van der Waals surface area contributed by atoms with Crippen LogP contribution >= 0.6 is 0 Å². The quantitative estimate of drug-likeness (QED) is 0.239. The molecular weight excluding hydrogens is 619 g/mol. The third kappa shape index (κ3) is 8.70. The Bertz CT molecular complexity index is 1840. The van der Waals surface area contributed by atoms with E-state index in [9.17, 15) is 26.4 Å². The van der Waals surface area contributed by atoms with Crippen molar-refractivity contribution in [2.75, 3.05) is 12.3 Å². The molecule has 1 atom stereocenters. The van der Waals surface area contributed by atoms with Crippen molar-refractivity contribution in [1.29, 1.82) is 0 Å². The monoisotopic (exact) mass is 653 g/mol. The first-order valence-corrected chi connectivity index (χ1v) is 17.5. The van der Waals surface area contributed by atoms with Crippen molar-refractivity contribution in [3.63, 3.8) is 0 Å². The van der Waals surface area contributed by atoms with E-state index in [0.717, 1.165) is 0 Å². The predicted molar refractivity (Wildman–Crippen MR) is 170 cm³/mol. The lowest BCUT2D eigenvalue weighted by Gasteiger charge is -2.14. The first kappa shape index (κ1) is 34.8. The molecule has 0 fully saturated rings. The Kier molecular flexibility index (Phi) is 12.3. The maximum absolute atomic E-state index is 13.2. The van der Waals surface area contributed by atoms with Crippen molar-refractivity contribution < 1.29 is 30.9 Å². The fourth-order valence-electron chi connectivity index (χ4n) is 4.05. The first-order valence-electron chi connectivity index (χ1n) is 14.3. The summed E-state index contributed by atoms with van der Waals surface area (Å²) in [5.41, 5.74) is 0.876. The summed E-state index contributed by atoms with van der Waals surface area (Å²) in [5.74, 6) is -2.16. The Morgan fingerprint density at radius 3 is 2.18 bits per heavy atom. The Hall–Kier alpha value is -4.69. The highest BCUT2D eigenvalue weighted by atomic mass is 32.2. The van der Waals surface area contributed by atoms with Gasteiger partial charge in [0.15, 0.2) is 9.84 Å². The van der Waals surface area contributed by atoms with Gasteiger partial charge in [0.25, 0.3) is 15.9 Å². The summed E-state index contributed by atoms with van der Waals surface area (Å²) in [5, 5.41) is 6.21. The van der Waals surface area contributed by atoms with Gasteiger partial charge in [-0.2, -0.15) is 4.98 Å². The van der Waals surface area contributed by atoms with E-state index in [1.807, 2.05) is 33.8 Å². The number of nitrogens with zero attached hydrogens (tertiary/aromatic N) is 3. The molecular formula is C31H35N5O7S2. The maximum Gasteiger partial charge on any atom is 0.296 e. The zero-order valence-corrected chi connectivity index (χ0v) is 26.9. The number of carbonyl (C=O) groups is 2. The summed E-state index contributed by atoms with van der Waals surface area (Å²) < 4.78 is 58.2. The standard InChI is InChI=1S/C27H23N5O7S2.2C2H6/c33-22(27-30-24(31-39-27)18-9-3-1-4-10-18)17-28-26(34)21(15-16-40(35,36)19-11-5-2-6-12-19)29-25-20-13-7-8-14-23(20)41(37,38)32-25;2*1-2/h1-14,21H,15-17H2,(H,28,34)(H,29,32);2*1-2H3/t21-;;/m0../s1. The molecule has 0 aliphatic carbocycles. The van der Waals surface area contributed by atoms with Crippen LogP contribution in [0.4, 0.5) is 0 Å². The van der Waals surface area contributed by atoms with E-state index in [2.05, 4.69) is 25.2 Å². The van der Waals surface area contributed by atoms with Gasteiger partial charge in [-0.1, -0.05) is 93.5 Å². The van der Waals surface area contributed by atoms with Gasteiger partial charge in [0.2, 0.25) is 17.5 Å². The number of sulfonamides is 1. The number of hydrogen-bond acceptors (Lipinski definition) is 10. The van der Waals surface area contributed by atoms with Gasteiger partial charge in [0, 0.05) is 11.1 Å². The third-order valence-corrected chi connectivity index (χ3v) is 9.29. The summed E-state index contributed by atoms with van der Waals surface area (Å²) in [4.78, 5) is 34.3. The minimum atomic E-state index is -3.91. The third-order valence-electron chi connectivity index (χ3n) is 6.13. The number of sulfone groups is 1. The molecule has 1 aliphatic rings. The van der Waals surface area contributed by atoms with Crippen molar-refractivity contribution in [2.24, 2.45) is 4.99 Å². The van der Waals surface area contributed by atoms with Gasteiger partial charge < -0.3 is 9.84 Å². The Balaban J connectivity index is 0.00000133. The van der Waals surface area contributed by atoms with Gasteiger partial charge >= 0.3 is 0 Å². The number of amides is 1. The summed E-state index contributed by atoms with van der Waals surface area (Å²) in [7, 11) is -7.70. The van der Waals surface area contributed by atoms with Gasteiger partial charge in [0.1, 0.15) is 11.9 Å². The lowest BCUT2D eigenvalue weighted by Crippen LogP contribution is -2.39. The summed E-state index contributed by atoms with van der Waals surface area (Å²) in [6, 6.07) is 21.2. The smallest absolute Gasteiger partial charge is 0.296 e. The molecule has 0 saturated heterocycles. The number of rotatable bonds is 10. The summed E-state index contributed by atoms with van der Waals surface area (Å²) in [6.07, 6.45) is -0.288. The van der Waals surface area contributed by atoms with E-state index in [0.29, 0.717) is 5.56 Å². The van der Waals surface area contributed by atoms with E-state index >= 15 is 0 Å². The number of Topliss-reactive ketones (excluding diaryl/α,β-unsaturated/α-hetero) is 1. The minimum absolute atomic E-state index is 0.0180. The number of hydrogen-bond donors (Lipinski definition) is 2. The number of amidine groups is 1. The topological polar surface area (TPSA) is 178 Å². The molecule has 12 nitrogen and oxygen atoms in total. The molecule has 1 amide bonds. The van der Waals surface area contributed by atoms with Crippen molar-refractivity contribution in [2.45, 2.75) is 49.9 Å². The number of aromatic nitrogens is 2. The molecule has 238 valence electrons. The van der Waals surface area contributed by atoms with E-state index in [-0.39, 0.29) is 39.3 Å². The van der Waals surface area contributed by atoms with E-state index in [1.165, 1.54) is 24.3 Å². The predicted octanol–water partition coefficient (Wildman–Crippen LogP) is 4.06. The zero-order chi connectivity index (χ0) is 33.0. The van der Waals surface area contributed by atoms with E-state index in [1.54, 1.807) is 54.6 Å². The Morgan fingerprint density at radius 2 is 1.51 bits per heavy atom. The molecule has 0 radical (unpaired) electrons. The van der Waals surface area contributed by atoms with Crippen LogP contribution in [0.25, 0.3) is 11.4 Å². The van der Waals surface area contributed by atoms with Crippen LogP contribution in [0.15, 0.2) is 104 Å². The van der Waals surface area contributed by atoms with Gasteiger partial charge in [-0.15, -0.1) is 0 Å². The number of nitrogens with one attached hydrogen (secondary N) is 2. The largest absolute Gasteiger partial charge is 0.347 e. The van der Waals surface area contributed by atoms with Crippen LogP contribution in [0.1, 0.15) is 50.4 Å².